The molecule has 0 radical (unpaired) electrons. The van der Waals surface area contributed by atoms with E-state index in [1.165, 1.54) is 6.20 Å². The molecule has 1 aromatic heterocycles. The smallest absolute Gasteiger partial charge is 0.193 e. The van der Waals surface area contributed by atoms with Gasteiger partial charge in [-0.15, -0.1) is 0 Å². The van der Waals surface area contributed by atoms with Crippen LogP contribution in [0.15, 0.2) is 18.3 Å². The zero-order valence-electron chi connectivity index (χ0n) is 9.61. The van der Waals surface area contributed by atoms with Crippen LogP contribution >= 0.6 is 0 Å². The lowest BCUT2D eigenvalue weighted by Crippen LogP contribution is -2.34. The third-order valence-corrected chi connectivity index (χ3v) is 2.26. The van der Waals surface area contributed by atoms with Gasteiger partial charge in [0.2, 0.25) is 0 Å². The molecule has 82 valence electrons. The first-order chi connectivity index (χ1) is 6.82. The summed E-state index contributed by atoms with van der Waals surface area (Å²) in [4.78, 5) is 15.8. The second-order valence-corrected chi connectivity index (χ2v) is 4.82. The number of ketones is 1. The Bertz CT molecular complexity index is 349. The van der Waals surface area contributed by atoms with Gasteiger partial charge in [0.05, 0.1) is 0 Å². The second kappa shape index (κ2) is 4.11. The fourth-order valence-corrected chi connectivity index (χ4v) is 1.16. The molecule has 3 heteroatoms. The molecule has 1 unspecified atom stereocenters. The maximum Gasteiger partial charge on any atom is 0.193 e. The Kier molecular flexibility index (Phi) is 3.25. The van der Waals surface area contributed by atoms with Gasteiger partial charge in [-0.05, 0) is 24.5 Å². The number of aryl methyl sites for hydroxylation is 1. The van der Waals surface area contributed by atoms with E-state index in [0.717, 1.165) is 5.69 Å². The fourth-order valence-electron chi connectivity index (χ4n) is 1.16. The molecule has 1 N–H and O–H groups in total. The summed E-state index contributed by atoms with van der Waals surface area (Å²) in [6.07, 6.45) is 0.522. The van der Waals surface area contributed by atoms with Crippen LogP contribution in [-0.2, 0) is 0 Å². The zero-order chi connectivity index (χ0) is 11.6. The lowest BCUT2D eigenvalue weighted by molar-refractivity contribution is 0.0442. The van der Waals surface area contributed by atoms with Crippen LogP contribution in [0.4, 0.5) is 0 Å². The van der Waals surface area contributed by atoms with Gasteiger partial charge < -0.3 is 5.11 Å². The summed E-state index contributed by atoms with van der Waals surface area (Å²) in [6, 6.07) is 3.46. The molecule has 0 amide bonds. The van der Waals surface area contributed by atoms with Crippen LogP contribution < -0.4 is 0 Å². The summed E-state index contributed by atoms with van der Waals surface area (Å²) in [5.41, 5.74) is 0.877. The van der Waals surface area contributed by atoms with Crippen molar-refractivity contribution in [1.82, 2.24) is 4.98 Å². The molecule has 3 nitrogen and oxygen atoms in total. The predicted octanol–water partition coefficient (Wildman–Crippen LogP) is 1.98. The molecule has 0 bridgehead atoms. The molecule has 0 saturated heterocycles. The number of hydrogen-bond acceptors (Lipinski definition) is 3. The summed E-state index contributed by atoms with van der Waals surface area (Å²) < 4.78 is 0. The van der Waals surface area contributed by atoms with Crippen molar-refractivity contribution in [2.45, 2.75) is 33.8 Å². The number of pyridine rings is 1. The van der Waals surface area contributed by atoms with Crippen LogP contribution in [0.2, 0.25) is 0 Å². The van der Waals surface area contributed by atoms with Crippen molar-refractivity contribution in [1.29, 1.82) is 0 Å². The van der Waals surface area contributed by atoms with Crippen LogP contribution in [0.1, 0.15) is 36.8 Å². The first-order valence-electron chi connectivity index (χ1n) is 4.97. The quantitative estimate of drug-likeness (QED) is 0.754. The highest BCUT2D eigenvalue weighted by atomic mass is 16.3. The van der Waals surface area contributed by atoms with E-state index in [9.17, 15) is 9.90 Å². The molecule has 1 heterocycles. The predicted molar refractivity (Wildman–Crippen MR) is 58.8 cm³/mol. The van der Waals surface area contributed by atoms with E-state index >= 15 is 0 Å². The highest BCUT2D eigenvalue weighted by molar-refractivity contribution is 5.99. The Morgan fingerprint density at radius 3 is 2.40 bits per heavy atom. The highest BCUT2D eigenvalue weighted by Gasteiger charge is 2.29. The van der Waals surface area contributed by atoms with Crippen molar-refractivity contribution < 1.29 is 9.90 Å². The number of hydrogen-bond donors (Lipinski definition) is 1. The first-order valence-corrected chi connectivity index (χ1v) is 4.97. The van der Waals surface area contributed by atoms with E-state index in [2.05, 4.69) is 4.98 Å². The van der Waals surface area contributed by atoms with Gasteiger partial charge in [0.15, 0.2) is 5.78 Å². The Morgan fingerprint density at radius 2 is 2.00 bits per heavy atom. The Morgan fingerprint density at radius 1 is 1.40 bits per heavy atom. The number of Topliss-reactive ketones (excluding diaryl/α,β-unsaturated/α-hetero) is 1. The van der Waals surface area contributed by atoms with Crippen LogP contribution in [0.5, 0.6) is 0 Å². The van der Waals surface area contributed by atoms with Crippen molar-refractivity contribution in [2.75, 3.05) is 0 Å². The van der Waals surface area contributed by atoms with Crippen molar-refractivity contribution >= 4 is 5.78 Å². The van der Waals surface area contributed by atoms with Gasteiger partial charge >= 0.3 is 0 Å². The number of carbonyl (C=O) groups excluding carboxylic acids is 1. The van der Waals surface area contributed by atoms with Crippen molar-refractivity contribution in [3.8, 4) is 0 Å². The lowest BCUT2D eigenvalue weighted by Gasteiger charge is -2.24. The van der Waals surface area contributed by atoms with E-state index in [-0.39, 0.29) is 5.78 Å². The van der Waals surface area contributed by atoms with Gasteiger partial charge in [-0.3, -0.25) is 9.78 Å². The maximum absolute atomic E-state index is 11.8. The van der Waals surface area contributed by atoms with Gasteiger partial charge in [0, 0.05) is 17.5 Å². The SMILES string of the molecule is Cc1ccc(C(=O)C(O)C(C)(C)C)cn1. The third kappa shape index (κ3) is 2.86. The number of aliphatic hydroxyl groups is 1. The van der Waals surface area contributed by atoms with Gasteiger partial charge in [-0.25, -0.2) is 0 Å². The number of rotatable bonds is 2. The first kappa shape index (κ1) is 11.9. The second-order valence-electron chi connectivity index (χ2n) is 4.82. The van der Waals surface area contributed by atoms with Gasteiger partial charge in [-0.1, -0.05) is 20.8 Å². The summed E-state index contributed by atoms with van der Waals surface area (Å²) in [5.74, 6) is -0.269. The molecule has 15 heavy (non-hydrogen) atoms. The molecular weight excluding hydrogens is 190 g/mol. The fraction of sp³-hybridized carbons (Fsp3) is 0.500. The average molecular weight is 207 g/mol. The topological polar surface area (TPSA) is 50.2 Å². The Hall–Kier alpha value is -1.22. The van der Waals surface area contributed by atoms with Crippen molar-refractivity contribution in [3.63, 3.8) is 0 Å². The van der Waals surface area contributed by atoms with Crippen LogP contribution in [0.3, 0.4) is 0 Å². The van der Waals surface area contributed by atoms with E-state index < -0.39 is 11.5 Å². The van der Waals surface area contributed by atoms with Crippen molar-refractivity contribution in [2.24, 2.45) is 5.41 Å². The minimum absolute atomic E-state index is 0.269. The average Bonchev–Trinajstić information content (AvgIpc) is 2.15. The molecule has 0 aromatic carbocycles. The molecule has 0 aliphatic carbocycles. The molecule has 0 aliphatic heterocycles. The Labute approximate surface area is 90.2 Å². The van der Waals surface area contributed by atoms with Gasteiger partial charge in [0.1, 0.15) is 6.10 Å². The molecule has 0 spiro atoms. The molecule has 0 saturated carbocycles. The van der Waals surface area contributed by atoms with Gasteiger partial charge in [-0.2, -0.15) is 0 Å². The zero-order valence-corrected chi connectivity index (χ0v) is 9.61. The number of aliphatic hydroxyl groups excluding tert-OH is 1. The molecule has 1 aromatic rings. The third-order valence-electron chi connectivity index (χ3n) is 2.26. The number of carbonyl (C=O) groups is 1. The molecule has 1 atom stereocenters. The minimum Gasteiger partial charge on any atom is -0.384 e. The van der Waals surface area contributed by atoms with E-state index in [0.29, 0.717) is 5.56 Å². The maximum atomic E-state index is 11.8. The van der Waals surface area contributed by atoms with Crippen LogP contribution in [0.25, 0.3) is 0 Å². The molecule has 1 rings (SSSR count). The largest absolute Gasteiger partial charge is 0.384 e. The standard InChI is InChI=1S/C12H17NO2/c1-8-5-6-9(7-13-8)10(14)11(15)12(2,3)4/h5-7,11,15H,1-4H3. The monoisotopic (exact) mass is 207 g/mol. The van der Waals surface area contributed by atoms with E-state index in [1.54, 1.807) is 12.1 Å². The summed E-state index contributed by atoms with van der Waals surface area (Å²) in [7, 11) is 0. The highest BCUT2D eigenvalue weighted by Crippen LogP contribution is 2.22. The van der Waals surface area contributed by atoms with Crippen LogP contribution in [0, 0.1) is 12.3 Å². The number of nitrogens with zero attached hydrogens (tertiary/aromatic N) is 1. The normalized spacial score (nSPS) is 13.7. The molecule has 0 aliphatic rings. The number of aromatic nitrogens is 1. The Balaban J connectivity index is 2.90. The lowest BCUT2D eigenvalue weighted by atomic mass is 9.85. The summed E-state index contributed by atoms with van der Waals surface area (Å²) >= 11 is 0. The minimum atomic E-state index is -0.984. The van der Waals surface area contributed by atoms with Gasteiger partial charge in [0.25, 0.3) is 0 Å². The van der Waals surface area contributed by atoms with E-state index in [4.69, 9.17) is 0 Å². The van der Waals surface area contributed by atoms with Crippen LogP contribution in [-0.4, -0.2) is 22.0 Å². The van der Waals surface area contributed by atoms with Crippen molar-refractivity contribution in [3.05, 3.63) is 29.6 Å². The molecular formula is C12H17NO2. The van der Waals surface area contributed by atoms with E-state index in [1.807, 2.05) is 27.7 Å². The summed E-state index contributed by atoms with van der Waals surface area (Å²) in [5, 5.41) is 9.80. The molecule has 0 fully saturated rings. The summed E-state index contributed by atoms with van der Waals surface area (Å²) in [6.45, 7) is 7.35.